The minimum absolute atomic E-state index is 0.240. The van der Waals surface area contributed by atoms with Crippen LogP contribution in [0.3, 0.4) is 0 Å². The zero-order valence-corrected chi connectivity index (χ0v) is 15.7. The summed E-state index contributed by atoms with van der Waals surface area (Å²) in [5.74, 6) is -1.02. The SMILES string of the molecule is COC(=O)c1c(C)nn(-c2cccc(-c3cccc(C(=O)O)c3)c2)c1C1CC1. The van der Waals surface area contributed by atoms with Crippen molar-refractivity contribution in [3.8, 4) is 16.8 Å². The van der Waals surface area contributed by atoms with Crippen molar-refractivity contribution in [2.24, 2.45) is 0 Å². The summed E-state index contributed by atoms with van der Waals surface area (Å²) >= 11 is 0. The predicted molar refractivity (Wildman–Crippen MR) is 104 cm³/mol. The molecule has 1 saturated carbocycles. The van der Waals surface area contributed by atoms with E-state index in [0.717, 1.165) is 35.3 Å². The number of carbonyl (C=O) groups excluding carboxylic acids is 1. The van der Waals surface area contributed by atoms with E-state index in [0.29, 0.717) is 17.2 Å². The number of hydrogen-bond donors (Lipinski definition) is 1. The third-order valence-corrected chi connectivity index (χ3v) is 4.98. The number of benzene rings is 2. The standard InChI is InChI=1S/C22H20N2O4/c1-13-19(22(27)28-2)20(14-9-10-14)24(23-13)18-8-4-6-16(12-18)15-5-3-7-17(11-15)21(25)26/h3-8,11-12,14H,9-10H2,1-2H3,(H,25,26). The Morgan fingerprint density at radius 1 is 1.11 bits per heavy atom. The molecule has 1 aliphatic rings. The van der Waals surface area contributed by atoms with E-state index in [1.54, 1.807) is 18.2 Å². The van der Waals surface area contributed by atoms with Gasteiger partial charge >= 0.3 is 11.9 Å². The number of methoxy groups -OCH3 is 1. The van der Waals surface area contributed by atoms with Gasteiger partial charge in [0.1, 0.15) is 5.56 Å². The highest BCUT2D eigenvalue weighted by Crippen LogP contribution is 2.43. The first-order valence-electron chi connectivity index (χ1n) is 9.11. The quantitative estimate of drug-likeness (QED) is 0.675. The second kappa shape index (κ2) is 6.96. The molecule has 0 spiro atoms. The molecule has 3 aromatic rings. The van der Waals surface area contributed by atoms with Crippen LogP contribution in [0.25, 0.3) is 16.8 Å². The first kappa shape index (κ1) is 18.0. The van der Waals surface area contributed by atoms with Crippen molar-refractivity contribution in [1.29, 1.82) is 0 Å². The van der Waals surface area contributed by atoms with Crippen LogP contribution in [0, 0.1) is 6.92 Å². The first-order chi connectivity index (χ1) is 13.5. The molecule has 0 aliphatic heterocycles. The third kappa shape index (κ3) is 3.17. The van der Waals surface area contributed by atoms with Crippen LogP contribution in [-0.2, 0) is 4.74 Å². The lowest BCUT2D eigenvalue weighted by atomic mass is 10.0. The van der Waals surface area contributed by atoms with Crippen LogP contribution in [0.1, 0.15) is 50.9 Å². The third-order valence-electron chi connectivity index (χ3n) is 4.98. The van der Waals surface area contributed by atoms with Crippen molar-refractivity contribution < 1.29 is 19.4 Å². The largest absolute Gasteiger partial charge is 0.478 e. The summed E-state index contributed by atoms with van der Waals surface area (Å²) in [6, 6.07) is 14.6. The summed E-state index contributed by atoms with van der Waals surface area (Å²) in [6.45, 7) is 1.81. The summed E-state index contributed by atoms with van der Waals surface area (Å²) in [7, 11) is 1.38. The van der Waals surface area contributed by atoms with Crippen molar-refractivity contribution >= 4 is 11.9 Å². The lowest BCUT2D eigenvalue weighted by Gasteiger charge is -2.10. The molecule has 0 amide bonds. The fraction of sp³-hybridized carbons (Fsp3) is 0.227. The molecule has 0 atom stereocenters. The van der Waals surface area contributed by atoms with Gasteiger partial charge in [0.25, 0.3) is 0 Å². The Labute approximate surface area is 162 Å². The highest BCUT2D eigenvalue weighted by molar-refractivity contribution is 5.92. The van der Waals surface area contributed by atoms with Crippen LogP contribution < -0.4 is 0 Å². The number of carboxylic acid groups (broad SMARTS) is 1. The van der Waals surface area contributed by atoms with Gasteiger partial charge in [-0.1, -0.05) is 24.3 Å². The van der Waals surface area contributed by atoms with E-state index in [9.17, 15) is 14.7 Å². The fourth-order valence-electron chi connectivity index (χ4n) is 3.48. The Morgan fingerprint density at radius 3 is 2.43 bits per heavy atom. The number of aryl methyl sites for hydroxylation is 1. The monoisotopic (exact) mass is 376 g/mol. The number of rotatable bonds is 5. The van der Waals surface area contributed by atoms with Crippen LogP contribution in [0.2, 0.25) is 0 Å². The van der Waals surface area contributed by atoms with Gasteiger partial charge in [-0.3, -0.25) is 0 Å². The fourth-order valence-corrected chi connectivity index (χ4v) is 3.48. The molecule has 1 N–H and O–H groups in total. The summed E-state index contributed by atoms with van der Waals surface area (Å²) in [6.07, 6.45) is 2.05. The van der Waals surface area contributed by atoms with Gasteiger partial charge in [-0.25, -0.2) is 14.3 Å². The van der Waals surface area contributed by atoms with Gasteiger partial charge < -0.3 is 9.84 Å². The molecule has 1 aliphatic carbocycles. The van der Waals surface area contributed by atoms with Crippen molar-refractivity contribution in [2.45, 2.75) is 25.7 Å². The summed E-state index contributed by atoms with van der Waals surface area (Å²) in [5, 5.41) is 13.9. The van der Waals surface area contributed by atoms with Crippen molar-refractivity contribution in [3.05, 3.63) is 71.0 Å². The number of ether oxygens (including phenoxy) is 1. The molecule has 6 nitrogen and oxygen atoms in total. The second-order valence-corrected chi connectivity index (χ2v) is 6.96. The maximum Gasteiger partial charge on any atom is 0.341 e. The Bertz CT molecular complexity index is 1080. The maximum absolute atomic E-state index is 12.3. The van der Waals surface area contributed by atoms with Gasteiger partial charge in [-0.05, 0) is 55.2 Å². The van der Waals surface area contributed by atoms with E-state index in [1.165, 1.54) is 7.11 Å². The van der Waals surface area contributed by atoms with Crippen molar-refractivity contribution in [1.82, 2.24) is 9.78 Å². The number of hydrogen-bond acceptors (Lipinski definition) is 4. The Hall–Kier alpha value is -3.41. The molecule has 2 aromatic carbocycles. The number of nitrogens with zero attached hydrogens (tertiary/aromatic N) is 2. The number of aromatic carboxylic acids is 1. The number of esters is 1. The Morgan fingerprint density at radius 2 is 1.79 bits per heavy atom. The number of aromatic nitrogens is 2. The molecule has 0 radical (unpaired) electrons. The van der Waals surface area contributed by atoms with E-state index in [-0.39, 0.29) is 11.5 Å². The molecule has 142 valence electrons. The summed E-state index contributed by atoms with van der Waals surface area (Å²) in [5.41, 5.74) is 4.85. The molecular formula is C22H20N2O4. The maximum atomic E-state index is 12.3. The van der Waals surface area contributed by atoms with Gasteiger partial charge in [-0.15, -0.1) is 0 Å². The van der Waals surface area contributed by atoms with Gasteiger partial charge in [0, 0.05) is 5.92 Å². The summed E-state index contributed by atoms with van der Waals surface area (Å²) < 4.78 is 6.79. The van der Waals surface area contributed by atoms with Gasteiger partial charge in [0.2, 0.25) is 0 Å². The Kier molecular flexibility index (Phi) is 4.47. The normalized spacial score (nSPS) is 13.4. The molecule has 0 unspecified atom stereocenters. The smallest absolute Gasteiger partial charge is 0.341 e. The molecule has 4 rings (SSSR count). The van der Waals surface area contributed by atoms with Crippen LogP contribution in [-0.4, -0.2) is 33.9 Å². The molecular weight excluding hydrogens is 356 g/mol. The zero-order valence-electron chi connectivity index (χ0n) is 15.7. The van der Waals surface area contributed by atoms with Gasteiger partial charge in [0.15, 0.2) is 0 Å². The summed E-state index contributed by atoms with van der Waals surface area (Å²) in [4.78, 5) is 23.6. The molecule has 0 saturated heterocycles. The predicted octanol–water partition coefficient (Wildman–Crippen LogP) is 4.21. The van der Waals surface area contributed by atoms with Crippen LogP contribution in [0.5, 0.6) is 0 Å². The van der Waals surface area contributed by atoms with Crippen molar-refractivity contribution in [2.75, 3.05) is 7.11 Å². The lowest BCUT2D eigenvalue weighted by molar-refractivity contribution is 0.0597. The topological polar surface area (TPSA) is 81.4 Å². The van der Waals surface area contributed by atoms with Crippen LogP contribution in [0.15, 0.2) is 48.5 Å². The molecule has 28 heavy (non-hydrogen) atoms. The molecule has 0 bridgehead atoms. The average Bonchev–Trinajstić information content (AvgIpc) is 3.49. The van der Waals surface area contributed by atoms with Crippen molar-refractivity contribution in [3.63, 3.8) is 0 Å². The van der Waals surface area contributed by atoms with E-state index in [4.69, 9.17) is 4.74 Å². The van der Waals surface area contributed by atoms with E-state index < -0.39 is 5.97 Å². The second-order valence-electron chi connectivity index (χ2n) is 6.96. The van der Waals surface area contributed by atoms with Crippen LogP contribution >= 0.6 is 0 Å². The zero-order chi connectivity index (χ0) is 19.8. The Balaban J connectivity index is 1.82. The molecule has 1 heterocycles. The molecule has 6 heteroatoms. The van der Waals surface area contributed by atoms with Gasteiger partial charge in [-0.2, -0.15) is 5.10 Å². The minimum atomic E-state index is -0.959. The lowest BCUT2D eigenvalue weighted by Crippen LogP contribution is -2.08. The van der Waals surface area contributed by atoms with E-state index in [2.05, 4.69) is 5.10 Å². The van der Waals surface area contributed by atoms with E-state index >= 15 is 0 Å². The molecule has 1 fully saturated rings. The number of carboxylic acids is 1. The minimum Gasteiger partial charge on any atom is -0.478 e. The highest BCUT2D eigenvalue weighted by Gasteiger charge is 2.35. The first-order valence-corrected chi connectivity index (χ1v) is 9.11. The van der Waals surface area contributed by atoms with Crippen LogP contribution in [0.4, 0.5) is 0 Å². The highest BCUT2D eigenvalue weighted by atomic mass is 16.5. The van der Waals surface area contributed by atoms with E-state index in [1.807, 2.05) is 41.9 Å². The molecule has 1 aromatic heterocycles. The average molecular weight is 376 g/mol. The number of carbonyl (C=O) groups is 2. The van der Waals surface area contributed by atoms with Gasteiger partial charge in [0.05, 0.1) is 29.7 Å².